The Bertz CT molecular complexity index is 1720. The largest absolute Gasteiger partial charge is 1.00 e. The van der Waals surface area contributed by atoms with E-state index in [0.717, 1.165) is 6.07 Å². The van der Waals surface area contributed by atoms with E-state index in [4.69, 9.17) is 19.3 Å². The fourth-order valence-electron chi connectivity index (χ4n) is 4.50. The van der Waals surface area contributed by atoms with Gasteiger partial charge in [-0.3, -0.25) is 19.4 Å². The first kappa shape index (κ1) is 33.6. The molecular formula is C32H30F2N3NaO7. The van der Waals surface area contributed by atoms with Crippen LogP contribution in [-0.2, 0) is 14.4 Å². The minimum absolute atomic E-state index is 0. The summed E-state index contributed by atoms with van der Waals surface area (Å²) in [5.41, 5.74) is -0.312. The summed E-state index contributed by atoms with van der Waals surface area (Å²) in [6.07, 6.45) is 2.42. The predicted molar refractivity (Wildman–Crippen MR) is 158 cm³/mol. The van der Waals surface area contributed by atoms with Crippen LogP contribution in [0.1, 0.15) is 34.0 Å². The van der Waals surface area contributed by atoms with Crippen LogP contribution in [0, 0.1) is 17.0 Å². The molecule has 3 N–H and O–H groups in total. The number of hydrogen-bond acceptors (Lipinski definition) is 7. The summed E-state index contributed by atoms with van der Waals surface area (Å²) in [4.78, 5) is 41.0. The van der Waals surface area contributed by atoms with E-state index >= 15 is 4.39 Å². The zero-order chi connectivity index (χ0) is 31.3. The number of carboxylic acids is 1. The maximum absolute atomic E-state index is 15.2. The Morgan fingerprint density at radius 1 is 0.889 bits per heavy atom. The number of halogens is 2. The summed E-state index contributed by atoms with van der Waals surface area (Å²) in [7, 11) is 0. The molecule has 1 aliphatic carbocycles. The molecule has 1 aliphatic rings. The number of carboxylic acid groups (broad SMARTS) is 1. The van der Waals surface area contributed by atoms with Crippen molar-refractivity contribution in [1.82, 2.24) is 4.98 Å². The Morgan fingerprint density at radius 3 is 2.20 bits per heavy atom. The van der Waals surface area contributed by atoms with Gasteiger partial charge < -0.3 is 31.4 Å². The van der Waals surface area contributed by atoms with Crippen molar-refractivity contribution in [3.63, 3.8) is 0 Å². The zero-order valence-electron chi connectivity index (χ0n) is 25.7. The van der Waals surface area contributed by atoms with Crippen molar-refractivity contribution in [3.05, 3.63) is 78.5 Å². The van der Waals surface area contributed by atoms with Gasteiger partial charge in [0.05, 0.1) is 18.7 Å². The van der Waals surface area contributed by atoms with Crippen molar-refractivity contribution in [2.75, 3.05) is 23.8 Å². The average molecular weight is 630 g/mol. The number of carbonyl (C=O) groups excluding carboxylic acids is 2. The van der Waals surface area contributed by atoms with Crippen LogP contribution >= 0.6 is 0 Å². The van der Waals surface area contributed by atoms with Crippen LogP contribution in [-0.4, -0.2) is 41.1 Å². The van der Waals surface area contributed by atoms with E-state index in [-0.39, 0.29) is 55.4 Å². The van der Waals surface area contributed by atoms with Crippen molar-refractivity contribution in [2.24, 2.45) is 5.41 Å². The predicted octanol–water partition coefficient (Wildman–Crippen LogP) is 3.42. The van der Waals surface area contributed by atoms with Gasteiger partial charge in [0.25, 0.3) is 0 Å². The number of amides is 2. The molecule has 1 heterocycles. The summed E-state index contributed by atoms with van der Waals surface area (Å²) in [6.45, 7) is 2.31. The number of hydrogen-bond donors (Lipinski definition) is 3. The molecule has 10 nitrogen and oxygen atoms in total. The Morgan fingerprint density at radius 2 is 1.56 bits per heavy atom. The van der Waals surface area contributed by atoms with Gasteiger partial charge in [-0.2, -0.15) is 0 Å². The molecule has 1 aromatic heterocycles. The van der Waals surface area contributed by atoms with Gasteiger partial charge in [-0.05, 0) is 74.7 Å². The van der Waals surface area contributed by atoms with E-state index in [1.54, 1.807) is 25.1 Å². The maximum Gasteiger partial charge on any atom is 1.00 e. The summed E-state index contributed by atoms with van der Waals surface area (Å²) >= 11 is 0. The van der Waals surface area contributed by atoms with Gasteiger partial charge in [0.2, 0.25) is 11.8 Å². The average Bonchev–Trinajstić information content (AvgIpc) is 3.81. The molecule has 1 fully saturated rings. The summed E-state index contributed by atoms with van der Waals surface area (Å²) in [6, 6.07) is 14.0. The van der Waals surface area contributed by atoms with E-state index in [1.807, 2.05) is 0 Å². The molecule has 5 rings (SSSR count). The monoisotopic (exact) mass is 629 g/mol. The number of aromatic nitrogens is 1. The second-order valence-corrected chi connectivity index (χ2v) is 10.1. The number of anilines is 2. The van der Waals surface area contributed by atoms with Crippen LogP contribution in [0.4, 0.5) is 20.2 Å². The normalized spacial score (nSPS) is 12.9. The van der Waals surface area contributed by atoms with Gasteiger partial charge in [0, 0.05) is 41.5 Å². The number of nitrogens with zero attached hydrogens (tertiary/aromatic N) is 1. The van der Waals surface area contributed by atoms with Crippen molar-refractivity contribution < 1.29 is 73.5 Å². The number of rotatable bonds is 13. The molecule has 3 aromatic carbocycles. The van der Waals surface area contributed by atoms with E-state index < -0.39 is 34.8 Å². The van der Waals surface area contributed by atoms with Gasteiger partial charge >= 0.3 is 35.5 Å². The molecular weight excluding hydrogens is 599 g/mol. The third-order valence-corrected chi connectivity index (χ3v) is 6.99. The van der Waals surface area contributed by atoms with Crippen molar-refractivity contribution in [1.29, 1.82) is 0 Å². The van der Waals surface area contributed by atoms with Crippen molar-refractivity contribution in [3.8, 4) is 23.0 Å². The van der Waals surface area contributed by atoms with E-state index in [2.05, 4.69) is 15.6 Å². The molecule has 0 unspecified atom stereocenters. The van der Waals surface area contributed by atoms with E-state index in [1.165, 1.54) is 42.6 Å². The first-order valence-electron chi connectivity index (χ1n) is 13.9. The SMILES string of the molecule is CCOc1cc2c(Oc3ccc(NC(=O)C4(C(=O)Nc5ccc(F)cc5)CC4)cc3F)ccnc2cc1OCCCC(=O)O.[H-].[Na+]. The maximum atomic E-state index is 15.2. The van der Waals surface area contributed by atoms with Gasteiger partial charge in [-0.25, -0.2) is 8.78 Å². The van der Waals surface area contributed by atoms with Gasteiger partial charge in [-0.1, -0.05) is 0 Å². The van der Waals surface area contributed by atoms with Crippen LogP contribution in [0.2, 0.25) is 0 Å². The molecule has 0 aliphatic heterocycles. The van der Waals surface area contributed by atoms with Gasteiger partial charge in [0.15, 0.2) is 23.1 Å². The van der Waals surface area contributed by atoms with Crippen LogP contribution < -0.4 is 54.4 Å². The number of fused-ring (bicyclic) bond motifs is 1. The van der Waals surface area contributed by atoms with Crippen LogP contribution in [0.15, 0.2) is 66.9 Å². The minimum atomic E-state index is -1.30. The van der Waals surface area contributed by atoms with Crippen molar-refractivity contribution >= 4 is 40.1 Å². The van der Waals surface area contributed by atoms with Crippen LogP contribution in [0.25, 0.3) is 10.9 Å². The topological polar surface area (TPSA) is 136 Å². The van der Waals surface area contributed by atoms with E-state index in [0.29, 0.717) is 59.7 Å². The zero-order valence-corrected chi connectivity index (χ0v) is 26.7. The number of ether oxygens (including phenoxy) is 3. The minimum Gasteiger partial charge on any atom is -1.00 e. The van der Waals surface area contributed by atoms with Crippen LogP contribution in [0.5, 0.6) is 23.0 Å². The molecule has 4 aromatic rings. The summed E-state index contributed by atoms with van der Waals surface area (Å²) in [5, 5.41) is 14.6. The Labute approximate surface area is 280 Å². The summed E-state index contributed by atoms with van der Waals surface area (Å²) < 4.78 is 45.7. The second kappa shape index (κ2) is 14.7. The number of carbonyl (C=O) groups is 3. The number of pyridine rings is 1. The van der Waals surface area contributed by atoms with Crippen molar-refractivity contribution in [2.45, 2.75) is 32.6 Å². The Kier molecular flexibility index (Phi) is 11.0. The van der Waals surface area contributed by atoms with Gasteiger partial charge in [-0.15, -0.1) is 0 Å². The molecule has 0 spiro atoms. The number of aliphatic carboxylic acids is 1. The number of benzene rings is 3. The molecule has 1 saturated carbocycles. The molecule has 0 saturated heterocycles. The van der Waals surface area contributed by atoms with E-state index in [9.17, 15) is 18.8 Å². The third kappa shape index (κ3) is 8.07. The Balaban J connectivity index is 0.00000288. The van der Waals surface area contributed by atoms with Crippen LogP contribution in [0.3, 0.4) is 0 Å². The smallest absolute Gasteiger partial charge is 1.00 e. The molecule has 0 atom stereocenters. The quantitative estimate of drug-likeness (QED) is 0.116. The second-order valence-electron chi connectivity index (χ2n) is 10.1. The summed E-state index contributed by atoms with van der Waals surface area (Å²) in [5.74, 6) is -2.26. The Hall–Kier alpha value is -4.26. The first-order chi connectivity index (χ1) is 21.2. The molecule has 0 radical (unpaired) electrons. The molecule has 230 valence electrons. The number of nitrogens with one attached hydrogen (secondary N) is 2. The third-order valence-electron chi connectivity index (χ3n) is 6.99. The molecule has 13 heteroatoms. The molecule has 0 bridgehead atoms. The standard InChI is InChI=1S/C32H29F2N3O7.Na.H/c1-2-42-27-17-22-24(18-28(27)43-15-3-4-29(38)39)35-14-11-25(22)44-26-10-9-21(16-23(26)34)37-31(41)32(12-13-32)30(40)36-20-7-5-19(33)6-8-20;;/h5-11,14,16-18H,2-4,12-13,15H2,1H3,(H,36,40)(H,37,41)(H,38,39);;/q;+1;-1. The fraction of sp³-hybridized carbons (Fsp3) is 0.250. The fourth-order valence-corrected chi connectivity index (χ4v) is 4.50. The van der Waals surface area contributed by atoms with Gasteiger partial charge in [0.1, 0.15) is 17.0 Å². The first-order valence-corrected chi connectivity index (χ1v) is 13.9. The molecule has 45 heavy (non-hydrogen) atoms. The molecule has 2 amide bonds.